The van der Waals surface area contributed by atoms with Gasteiger partial charge in [0.1, 0.15) is 5.82 Å². The molecule has 25 heavy (non-hydrogen) atoms. The quantitative estimate of drug-likeness (QED) is 0.786. The summed E-state index contributed by atoms with van der Waals surface area (Å²) < 4.78 is 1.88. The number of nitrogens with zero attached hydrogens (tertiary/aromatic N) is 4. The standard InChI is InChI=1S/C18H24Cl2N4O/c1-18(2,3)24-16(9-10-17(25)23(4)5)21-15(22-24)11-12-13(19)7-6-8-14(12)20/h6-8H,9-11H2,1-5H3. The van der Waals surface area contributed by atoms with Gasteiger partial charge in [0.25, 0.3) is 0 Å². The first-order valence-corrected chi connectivity index (χ1v) is 8.93. The van der Waals surface area contributed by atoms with E-state index in [2.05, 4.69) is 30.9 Å². The first-order valence-electron chi connectivity index (χ1n) is 8.18. The first-order chi connectivity index (χ1) is 11.6. The second-order valence-electron chi connectivity index (χ2n) is 7.19. The van der Waals surface area contributed by atoms with Crippen molar-refractivity contribution in [1.29, 1.82) is 0 Å². The van der Waals surface area contributed by atoms with Gasteiger partial charge in [-0.25, -0.2) is 9.67 Å². The zero-order chi connectivity index (χ0) is 18.8. The minimum Gasteiger partial charge on any atom is -0.349 e. The molecule has 1 aromatic heterocycles. The maximum absolute atomic E-state index is 11.9. The van der Waals surface area contributed by atoms with Crippen LogP contribution in [0.3, 0.4) is 0 Å². The average molecular weight is 383 g/mol. The Kier molecular flexibility index (Phi) is 6.12. The summed E-state index contributed by atoms with van der Waals surface area (Å²) in [7, 11) is 3.50. The van der Waals surface area contributed by atoms with Crippen molar-refractivity contribution in [3.63, 3.8) is 0 Å². The van der Waals surface area contributed by atoms with Crippen molar-refractivity contribution in [3.05, 3.63) is 45.5 Å². The smallest absolute Gasteiger partial charge is 0.222 e. The van der Waals surface area contributed by atoms with Crippen molar-refractivity contribution in [3.8, 4) is 0 Å². The molecule has 0 fully saturated rings. The number of carbonyl (C=O) groups is 1. The van der Waals surface area contributed by atoms with Crippen LogP contribution in [0, 0.1) is 0 Å². The molecular weight excluding hydrogens is 359 g/mol. The van der Waals surface area contributed by atoms with Crippen LogP contribution in [-0.2, 0) is 23.2 Å². The normalized spacial score (nSPS) is 11.6. The van der Waals surface area contributed by atoms with Gasteiger partial charge >= 0.3 is 0 Å². The lowest BCUT2D eigenvalue weighted by Gasteiger charge is -2.21. The van der Waals surface area contributed by atoms with Crippen LogP contribution in [0.1, 0.15) is 44.4 Å². The molecule has 5 nitrogen and oxygen atoms in total. The third-order valence-electron chi connectivity index (χ3n) is 3.81. The Labute approximate surface area is 158 Å². The maximum Gasteiger partial charge on any atom is 0.222 e. The van der Waals surface area contributed by atoms with E-state index in [1.807, 2.05) is 10.7 Å². The lowest BCUT2D eigenvalue weighted by atomic mass is 10.1. The van der Waals surface area contributed by atoms with Crippen LogP contribution in [-0.4, -0.2) is 39.7 Å². The molecule has 0 radical (unpaired) electrons. The number of benzene rings is 1. The van der Waals surface area contributed by atoms with E-state index in [0.29, 0.717) is 35.1 Å². The Balaban J connectivity index is 2.30. The zero-order valence-electron chi connectivity index (χ0n) is 15.3. The van der Waals surface area contributed by atoms with Crippen molar-refractivity contribution >= 4 is 29.1 Å². The van der Waals surface area contributed by atoms with Crippen LogP contribution in [0.15, 0.2) is 18.2 Å². The molecule has 1 amide bonds. The molecule has 7 heteroatoms. The molecule has 0 atom stereocenters. The highest BCUT2D eigenvalue weighted by Gasteiger charge is 2.22. The summed E-state index contributed by atoms with van der Waals surface area (Å²) in [6.45, 7) is 6.18. The summed E-state index contributed by atoms with van der Waals surface area (Å²) in [5.41, 5.74) is 0.583. The van der Waals surface area contributed by atoms with Crippen molar-refractivity contribution in [2.24, 2.45) is 0 Å². The van der Waals surface area contributed by atoms with Crippen molar-refractivity contribution in [2.45, 2.75) is 45.6 Å². The Morgan fingerprint density at radius 1 is 1.20 bits per heavy atom. The average Bonchev–Trinajstić information content (AvgIpc) is 2.92. The molecule has 0 spiro atoms. The highest BCUT2D eigenvalue weighted by molar-refractivity contribution is 6.36. The number of hydrogen-bond acceptors (Lipinski definition) is 3. The van der Waals surface area contributed by atoms with E-state index in [1.165, 1.54) is 0 Å². The summed E-state index contributed by atoms with van der Waals surface area (Å²) in [4.78, 5) is 18.1. The number of amides is 1. The van der Waals surface area contributed by atoms with Crippen LogP contribution < -0.4 is 0 Å². The summed E-state index contributed by atoms with van der Waals surface area (Å²) in [6.07, 6.45) is 1.39. The first kappa shape index (κ1) is 19.7. The molecule has 0 bridgehead atoms. The fourth-order valence-corrected chi connectivity index (χ4v) is 3.00. The molecule has 1 heterocycles. The van der Waals surface area contributed by atoms with Gasteiger partial charge in [-0.2, -0.15) is 5.10 Å². The summed E-state index contributed by atoms with van der Waals surface area (Å²) in [6, 6.07) is 5.42. The second-order valence-corrected chi connectivity index (χ2v) is 8.01. The zero-order valence-corrected chi connectivity index (χ0v) is 16.8. The molecule has 0 saturated carbocycles. The third kappa shape index (κ3) is 4.95. The van der Waals surface area contributed by atoms with Crippen molar-refractivity contribution < 1.29 is 4.79 Å². The predicted molar refractivity (Wildman–Crippen MR) is 101 cm³/mol. The van der Waals surface area contributed by atoms with Gasteiger partial charge in [0.05, 0.1) is 5.54 Å². The number of aryl methyl sites for hydroxylation is 1. The molecule has 1 aromatic carbocycles. The number of halogens is 2. The molecular formula is C18H24Cl2N4O. The maximum atomic E-state index is 11.9. The van der Waals surface area contributed by atoms with Crippen LogP contribution in [0.25, 0.3) is 0 Å². The van der Waals surface area contributed by atoms with E-state index in [4.69, 9.17) is 23.2 Å². The molecule has 2 aromatic rings. The second kappa shape index (κ2) is 7.75. The molecule has 2 rings (SSSR count). The van der Waals surface area contributed by atoms with E-state index < -0.39 is 0 Å². The van der Waals surface area contributed by atoms with E-state index in [0.717, 1.165) is 11.4 Å². The van der Waals surface area contributed by atoms with Gasteiger partial charge in [-0.05, 0) is 38.5 Å². The van der Waals surface area contributed by atoms with Crippen LogP contribution in [0.5, 0.6) is 0 Å². The van der Waals surface area contributed by atoms with Gasteiger partial charge in [0.2, 0.25) is 5.91 Å². The van der Waals surface area contributed by atoms with Gasteiger partial charge in [-0.3, -0.25) is 4.79 Å². The van der Waals surface area contributed by atoms with Crippen LogP contribution in [0.2, 0.25) is 10.0 Å². The van der Waals surface area contributed by atoms with Gasteiger partial charge in [-0.1, -0.05) is 29.3 Å². The molecule has 136 valence electrons. The monoisotopic (exact) mass is 382 g/mol. The largest absolute Gasteiger partial charge is 0.349 e. The number of rotatable bonds is 5. The lowest BCUT2D eigenvalue weighted by Crippen LogP contribution is -2.27. The number of aromatic nitrogens is 3. The van der Waals surface area contributed by atoms with Gasteiger partial charge in [-0.15, -0.1) is 0 Å². The van der Waals surface area contributed by atoms with Crippen molar-refractivity contribution in [2.75, 3.05) is 14.1 Å². The highest BCUT2D eigenvalue weighted by Crippen LogP contribution is 2.27. The van der Waals surface area contributed by atoms with Crippen molar-refractivity contribution in [1.82, 2.24) is 19.7 Å². The van der Waals surface area contributed by atoms with Crippen LogP contribution >= 0.6 is 23.2 Å². The van der Waals surface area contributed by atoms with E-state index in [1.54, 1.807) is 31.1 Å². The van der Waals surface area contributed by atoms with Gasteiger partial charge in [0.15, 0.2) is 5.82 Å². The van der Waals surface area contributed by atoms with Gasteiger partial charge in [0, 0.05) is 43.4 Å². The summed E-state index contributed by atoms with van der Waals surface area (Å²) in [5, 5.41) is 5.85. The lowest BCUT2D eigenvalue weighted by molar-refractivity contribution is -0.128. The van der Waals surface area contributed by atoms with Crippen LogP contribution in [0.4, 0.5) is 0 Å². The third-order valence-corrected chi connectivity index (χ3v) is 4.52. The molecule has 0 aliphatic carbocycles. The number of carbonyl (C=O) groups excluding carboxylic acids is 1. The summed E-state index contributed by atoms with van der Waals surface area (Å²) >= 11 is 12.5. The topological polar surface area (TPSA) is 51.0 Å². The number of hydrogen-bond donors (Lipinski definition) is 0. The SMILES string of the molecule is CN(C)C(=O)CCc1nc(Cc2c(Cl)cccc2Cl)nn1C(C)(C)C. The highest BCUT2D eigenvalue weighted by atomic mass is 35.5. The summed E-state index contributed by atoms with van der Waals surface area (Å²) in [5.74, 6) is 1.51. The Morgan fingerprint density at radius 3 is 2.32 bits per heavy atom. The van der Waals surface area contributed by atoms with E-state index >= 15 is 0 Å². The predicted octanol–water partition coefficient (Wildman–Crippen LogP) is 3.95. The molecule has 0 saturated heterocycles. The fraction of sp³-hybridized carbons (Fsp3) is 0.500. The molecule has 0 aliphatic rings. The molecule has 0 N–H and O–H groups in total. The minimum atomic E-state index is -0.230. The van der Waals surface area contributed by atoms with Gasteiger partial charge < -0.3 is 4.90 Å². The minimum absolute atomic E-state index is 0.0687. The molecule has 0 aliphatic heterocycles. The van der Waals surface area contributed by atoms with E-state index in [9.17, 15) is 4.79 Å². The molecule has 0 unspecified atom stereocenters. The van der Waals surface area contributed by atoms with E-state index in [-0.39, 0.29) is 11.4 Å². The Bertz CT molecular complexity index is 743. The fourth-order valence-electron chi connectivity index (χ4n) is 2.47. The Hall–Kier alpha value is -1.59. The Morgan fingerprint density at radius 2 is 1.80 bits per heavy atom.